The minimum atomic E-state index is -1.26. The first-order valence-corrected chi connectivity index (χ1v) is 13.4. The number of likely N-dealkylation sites (tertiary alicyclic amines) is 1. The van der Waals surface area contributed by atoms with E-state index in [0.717, 1.165) is 60.5 Å². The maximum atomic E-state index is 13.5. The van der Waals surface area contributed by atoms with Gasteiger partial charge in [-0.25, -0.2) is 0 Å². The van der Waals surface area contributed by atoms with Crippen molar-refractivity contribution in [2.45, 2.75) is 81.0 Å². The van der Waals surface area contributed by atoms with Crippen molar-refractivity contribution in [2.75, 3.05) is 18.0 Å². The summed E-state index contributed by atoms with van der Waals surface area (Å²) in [5.74, 6) is -0.950. The van der Waals surface area contributed by atoms with E-state index in [1.54, 1.807) is 0 Å². The number of rotatable bonds is 8. The smallest absolute Gasteiger partial charge is 0.323 e. The van der Waals surface area contributed by atoms with Gasteiger partial charge in [0.15, 0.2) is 4.75 Å². The SMILES string of the molecule is CCN(CC)c1ccc([C@H]2N(C3CCCCC3)C(=O)C[C@]2(Sc2ccc(C)cc2)C(=O)O)cc1. The van der Waals surface area contributed by atoms with Gasteiger partial charge >= 0.3 is 5.97 Å². The number of thioether (sulfide) groups is 1. The fourth-order valence-corrected chi connectivity index (χ4v) is 6.92. The van der Waals surface area contributed by atoms with E-state index in [1.165, 1.54) is 18.2 Å². The molecule has 2 aliphatic rings. The fourth-order valence-electron chi connectivity index (χ4n) is 5.59. The topological polar surface area (TPSA) is 60.9 Å². The highest BCUT2D eigenvalue weighted by Crippen LogP contribution is 2.54. The molecule has 1 N–H and O–H groups in total. The van der Waals surface area contributed by atoms with Gasteiger partial charge in [0.05, 0.1) is 12.5 Å². The number of carboxylic acids is 1. The molecular weight excluding hydrogens is 444 g/mol. The second-order valence-corrected chi connectivity index (χ2v) is 10.9. The Morgan fingerprint density at radius 1 is 1.03 bits per heavy atom. The van der Waals surface area contributed by atoms with Crippen LogP contribution < -0.4 is 4.90 Å². The Hall–Kier alpha value is -2.47. The molecule has 1 aliphatic heterocycles. The number of amides is 1. The molecule has 5 nitrogen and oxygen atoms in total. The van der Waals surface area contributed by atoms with Crippen LogP contribution in [0.3, 0.4) is 0 Å². The molecule has 2 aromatic carbocycles. The van der Waals surface area contributed by atoms with Gasteiger partial charge in [-0.05, 0) is 63.4 Å². The lowest BCUT2D eigenvalue weighted by molar-refractivity contribution is -0.140. The molecule has 2 atom stereocenters. The normalized spacial score (nSPS) is 23.3. The zero-order chi connectivity index (χ0) is 24.3. The van der Waals surface area contributed by atoms with Crippen LogP contribution in [0.5, 0.6) is 0 Å². The molecule has 1 saturated carbocycles. The quantitative estimate of drug-likeness (QED) is 0.497. The van der Waals surface area contributed by atoms with E-state index in [2.05, 4.69) is 30.9 Å². The predicted molar refractivity (Wildman–Crippen MR) is 138 cm³/mol. The van der Waals surface area contributed by atoms with Crippen molar-refractivity contribution in [1.82, 2.24) is 4.90 Å². The van der Waals surface area contributed by atoms with Crippen molar-refractivity contribution in [2.24, 2.45) is 0 Å². The van der Waals surface area contributed by atoms with Crippen molar-refractivity contribution in [3.8, 4) is 0 Å². The van der Waals surface area contributed by atoms with Crippen molar-refractivity contribution in [1.29, 1.82) is 0 Å². The predicted octanol–water partition coefficient (Wildman–Crippen LogP) is 6.06. The molecule has 182 valence electrons. The molecule has 0 bridgehead atoms. The number of carbonyl (C=O) groups excluding carboxylic acids is 1. The largest absolute Gasteiger partial charge is 0.480 e. The minimum absolute atomic E-state index is 0.0137. The lowest BCUT2D eigenvalue weighted by atomic mass is 9.89. The first-order valence-electron chi connectivity index (χ1n) is 12.5. The molecule has 0 spiro atoms. The maximum Gasteiger partial charge on any atom is 0.323 e. The van der Waals surface area contributed by atoms with Crippen LogP contribution in [0.2, 0.25) is 0 Å². The monoisotopic (exact) mass is 480 g/mol. The zero-order valence-corrected chi connectivity index (χ0v) is 21.3. The highest BCUT2D eigenvalue weighted by atomic mass is 32.2. The van der Waals surface area contributed by atoms with Crippen LogP contribution in [0.1, 0.15) is 69.5 Å². The molecule has 1 heterocycles. The van der Waals surface area contributed by atoms with E-state index in [4.69, 9.17) is 0 Å². The van der Waals surface area contributed by atoms with Gasteiger partial charge in [-0.3, -0.25) is 9.59 Å². The van der Waals surface area contributed by atoms with Crippen LogP contribution in [0.25, 0.3) is 0 Å². The molecule has 0 unspecified atom stereocenters. The molecule has 1 saturated heterocycles. The van der Waals surface area contributed by atoms with Gasteiger partial charge < -0.3 is 14.9 Å². The molecule has 4 rings (SSSR count). The number of carbonyl (C=O) groups is 2. The summed E-state index contributed by atoms with van der Waals surface area (Å²) in [7, 11) is 0. The first kappa shape index (κ1) is 24.6. The highest BCUT2D eigenvalue weighted by molar-refractivity contribution is 8.01. The van der Waals surface area contributed by atoms with Crippen molar-refractivity contribution in [3.63, 3.8) is 0 Å². The Bertz CT molecular complexity index is 997. The molecule has 2 fully saturated rings. The average Bonchev–Trinajstić information content (AvgIpc) is 3.15. The van der Waals surface area contributed by atoms with Gasteiger partial charge in [-0.1, -0.05) is 49.1 Å². The number of nitrogens with zero attached hydrogens (tertiary/aromatic N) is 2. The summed E-state index contributed by atoms with van der Waals surface area (Å²) in [5.41, 5.74) is 3.16. The van der Waals surface area contributed by atoms with Crippen LogP contribution >= 0.6 is 11.8 Å². The number of hydrogen-bond donors (Lipinski definition) is 1. The number of anilines is 1. The minimum Gasteiger partial charge on any atom is -0.480 e. The number of benzene rings is 2. The molecule has 0 radical (unpaired) electrons. The number of carboxylic acid groups (broad SMARTS) is 1. The van der Waals surface area contributed by atoms with Crippen molar-refractivity contribution < 1.29 is 14.7 Å². The third-order valence-corrected chi connectivity index (χ3v) is 8.82. The van der Waals surface area contributed by atoms with Gasteiger partial charge in [0.2, 0.25) is 5.91 Å². The Balaban J connectivity index is 1.79. The van der Waals surface area contributed by atoms with E-state index in [1.807, 2.05) is 48.2 Å². The van der Waals surface area contributed by atoms with E-state index < -0.39 is 16.8 Å². The summed E-state index contributed by atoms with van der Waals surface area (Å²) in [5, 5.41) is 10.7. The summed E-state index contributed by atoms with van der Waals surface area (Å²) in [6, 6.07) is 15.8. The second-order valence-electron chi connectivity index (χ2n) is 9.55. The second kappa shape index (κ2) is 10.4. The highest BCUT2D eigenvalue weighted by Gasteiger charge is 2.59. The van der Waals surface area contributed by atoms with E-state index in [-0.39, 0.29) is 18.4 Å². The first-order chi connectivity index (χ1) is 16.4. The van der Waals surface area contributed by atoms with E-state index in [9.17, 15) is 14.7 Å². The molecule has 2 aromatic rings. The number of hydrogen-bond acceptors (Lipinski definition) is 4. The standard InChI is InChI=1S/C28H36N2O3S/c1-4-29(5-2)22-15-13-21(14-16-22)26-28(27(32)33,34-24-17-11-20(3)12-18-24)19-25(31)30(26)23-9-7-6-8-10-23/h11-18,23,26H,4-10,19H2,1-3H3,(H,32,33)/t26-,28-/m1/s1. The lowest BCUT2D eigenvalue weighted by Gasteiger charge is -2.40. The molecule has 1 amide bonds. The molecular formula is C28H36N2O3S. The summed E-state index contributed by atoms with van der Waals surface area (Å²) in [4.78, 5) is 31.6. The Kier molecular flexibility index (Phi) is 7.56. The molecule has 1 aliphatic carbocycles. The van der Waals surface area contributed by atoms with Crippen molar-refractivity contribution in [3.05, 3.63) is 59.7 Å². The molecule has 0 aromatic heterocycles. The Morgan fingerprint density at radius 2 is 1.65 bits per heavy atom. The Labute approximate surface area is 207 Å². The van der Waals surface area contributed by atoms with Gasteiger partial charge in [0, 0.05) is 29.7 Å². The molecule has 34 heavy (non-hydrogen) atoms. The van der Waals surface area contributed by atoms with Crippen LogP contribution in [0.4, 0.5) is 5.69 Å². The molecule has 6 heteroatoms. The van der Waals surface area contributed by atoms with Gasteiger partial charge in [-0.2, -0.15) is 0 Å². The number of aryl methyl sites for hydroxylation is 1. The van der Waals surface area contributed by atoms with Gasteiger partial charge in [0.1, 0.15) is 0 Å². The van der Waals surface area contributed by atoms with E-state index in [0.29, 0.717) is 0 Å². The Morgan fingerprint density at radius 3 is 2.21 bits per heavy atom. The lowest BCUT2D eigenvalue weighted by Crippen LogP contribution is -2.45. The van der Waals surface area contributed by atoms with Gasteiger partial charge in [-0.15, -0.1) is 11.8 Å². The van der Waals surface area contributed by atoms with Crippen LogP contribution in [0, 0.1) is 6.92 Å². The summed E-state index contributed by atoms with van der Waals surface area (Å²) < 4.78 is -1.26. The third kappa shape index (κ3) is 4.70. The maximum absolute atomic E-state index is 13.5. The fraction of sp³-hybridized carbons (Fsp3) is 0.500. The van der Waals surface area contributed by atoms with Crippen LogP contribution in [-0.4, -0.2) is 45.8 Å². The average molecular weight is 481 g/mol. The van der Waals surface area contributed by atoms with Crippen LogP contribution in [-0.2, 0) is 9.59 Å². The summed E-state index contributed by atoms with van der Waals surface area (Å²) in [6.45, 7) is 8.10. The van der Waals surface area contributed by atoms with E-state index >= 15 is 0 Å². The number of aliphatic carboxylic acids is 1. The van der Waals surface area contributed by atoms with Gasteiger partial charge in [0.25, 0.3) is 0 Å². The summed E-state index contributed by atoms with van der Waals surface area (Å²) >= 11 is 1.34. The summed E-state index contributed by atoms with van der Waals surface area (Å²) in [6.07, 6.45) is 5.28. The zero-order valence-electron chi connectivity index (χ0n) is 20.5. The van der Waals surface area contributed by atoms with Crippen molar-refractivity contribution >= 4 is 29.3 Å². The van der Waals surface area contributed by atoms with Crippen LogP contribution in [0.15, 0.2) is 53.4 Å². The third-order valence-electron chi connectivity index (χ3n) is 7.41.